The van der Waals surface area contributed by atoms with Crippen LogP contribution >= 0.6 is 11.3 Å². The van der Waals surface area contributed by atoms with Crippen LogP contribution in [0.25, 0.3) is 11.3 Å². The van der Waals surface area contributed by atoms with Gasteiger partial charge in [0.25, 0.3) is 0 Å². The Morgan fingerprint density at radius 3 is 2.57 bits per heavy atom. The molecule has 0 unspecified atom stereocenters. The summed E-state index contributed by atoms with van der Waals surface area (Å²) in [6.07, 6.45) is 0.218. The smallest absolute Gasteiger partial charge is 0.227 e. The predicted octanol–water partition coefficient (Wildman–Crippen LogP) is 2.59. The van der Waals surface area contributed by atoms with Gasteiger partial charge in [-0.2, -0.15) is 0 Å². The van der Waals surface area contributed by atoms with Gasteiger partial charge in [0.15, 0.2) is 5.13 Å². The molecule has 2 aromatic rings. The van der Waals surface area contributed by atoms with Gasteiger partial charge in [0.05, 0.1) is 12.8 Å². The van der Waals surface area contributed by atoms with Gasteiger partial charge in [-0.05, 0) is 31.2 Å². The number of benzene rings is 1. The van der Waals surface area contributed by atoms with E-state index < -0.39 is 0 Å². The molecule has 0 fully saturated rings. The third-order valence-electron chi connectivity index (χ3n) is 3.13. The number of aryl methyl sites for hydroxylation is 1. The Kier molecular flexibility index (Phi) is 5.70. The quantitative estimate of drug-likeness (QED) is 0.851. The van der Waals surface area contributed by atoms with Gasteiger partial charge in [-0.15, -0.1) is 11.3 Å². The third kappa shape index (κ3) is 4.79. The average Bonchev–Trinajstić information content (AvgIpc) is 2.87. The van der Waals surface area contributed by atoms with E-state index in [2.05, 4.69) is 15.6 Å². The van der Waals surface area contributed by atoms with Gasteiger partial charge < -0.3 is 15.4 Å². The molecule has 2 amide bonds. The van der Waals surface area contributed by atoms with E-state index in [0.29, 0.717) is 11.7 Å². The van der Waals surface area contributed by atoms with Gasteiger partial charge in [0, 0.05) is 30.3 Å². The largest absolute Gasteiger partial charge is 0.497 e. The first-order chi connectivity index (χ1) is 11.0. The van der Waals surface area contributed by atoms with Crippen molar-refractivity contribution in [3.8, 4) is 17.0 Å². The van der Waals surface area contributed by atoms with Crippen molar-refractivity contribution in [1.82, 2.24) is 10.3 Å². The molecule has 0 aliphatic heterocycles. The van der Waals surface area contributed by atoms with Crippen LogP contribution in [-0.2, 0) is 9.59 Å². The molecule has 1 aromatic heterocycles. The van der Waals surface area contributed by atoms with Crippen LogP contribution in [0.4, 0.5) is 5.13 Å². The van der Waals surface area contributed by atoms with Crippen molar-refractivity contribution in [2.45, 2.75) is 20.3 Å². The Hall–Kier alpha value is -2.41. The topological polar surface area (TPSA) is 80.3 Å². The van der Waals surface area contributed by atoms with Crippen molar-refractivity contribution >= 4 is 28.3 Å². The maximum absolute atomic E-state index is 11.8. The second-order valence-electron chi connectivity index (χ2n) is 4.93. The van der Waals surface area contributed by atoms with Gasteiger partial charge in [-0.3, -0.25) is 9.59 Å². The van der Waals surface area contributed by atoms with Crippen LogP contribution in [0.1, 0.15) is 18.2 Å². The number of carbonyl (C=O) groups is 2. The number of thiazole rings is 1. The highest BCUT2D eigenvalue weighted by Crippen LogP contribution is 2.31. The summed E-state index contributed by atoms with van der Waals surface area (Å²) in [4.78, 5) is 28.1. The Morgan fingerprint density at radius 2 is 1.96 bits per heavy atom. The maximum atomic E-state index is 11.8. The second-order valence-corrected chi connectivity index (χ2v) is 6.14. The van der Waals surface area contributed by atoms with E-state index in [0.717, 1.165) is 21.9 Å². The monoisotopic (exact) mass is 333 g/mol. The lowest BCUT2D eigenvalue weighted by Gasteiger charge is -2.03. The fourth-order valence-electron chi connectivity index (χ4n) is 2.00. The number of nitrogens with zero attached hydrogens (tertiary/aromatic N) is 1. The SMILES string of the molecule is COc1ccc(-c2nc(NC(=O)CCNC(C)=O)sc2C)cc1. The predicted molar refractivity (Wildman–Crippen MR) is 90.8 cm³/mol. The summed E-state index contributed by atoms with van der Waals surface area (Å²) in [5.41, 5.74) is 1.81. The lowest BCUT2D eigenvalue weighted by atomic mass is 10.1. The summed E-state index contributed by atoms with van der Waals surface area (Å²) in [5.74, 6) is 0.464. The van der Waals surface area contributed by atoms with Gasteiger partial charge in [0.1, 0.15) is 5.75 Å². The molecular weight excluding hydrogens is 314 g/mol. The van der Waals surface area contributed by atoms with Gasteiger partial charge in [-0.1, -0.05) is 0 Å². The van der Waals surface area contributed by atoms with Crippen molar-refractivity contribution in [3.05, 3.63) is 29.1 Å². The Morgan fingerprint density at radius 1 is 1.26 bits per heavy atom. The van der Waals surface area contributed by atoms with Gasteiger partial charge in [-0.25, -0.2) is 4.98 Å². The highest BCUT2D eigenvalue weighted by molar-refractivity contribution is 7.16. The number of methoxy groups -OCH3 is 1. The molecular formula is C16H19N3O3S. The normalized spacial score (nSPS) is 10.2. The number of anilines is 1. The molecule has 0 radical (unpaired) electrons. The van der Waals surface area contributed by atoms with Crippen LogP contribution in [0, 0.1) is 6.92 Å². The summed E-state index contributed by atoms with van der Waals surface area (Å²) in [6.45, 7) is 3.70. The fraction of sp³-hybridized carbons (Fsp3) is 0.312. The Bertz CT molecular complexity index is 695. The van der Waals surface area contributed by atoms with Crippen molar-refractivity contribution in [2.75, 3.05) is 19.0 Å². The van der Waals surface area contributed by atoms with E-state index in [-0.39, 0.29) is 18.2 Å². The minimum atomic E-state index is -0.172. The number of carbonyl (C=O) groups excluding carboxylic acids is 2. The van der Waals surface area contributed by atoms with E-state index in [1.807, 2.05) is 31.2 Å². The van der Waals surface area contributed by atoms with Crippen LogP contribution in [0.3, 0.4) is 0 Å². The second kappa shape index (κ2) is 7.73. The van der Waals surface area contributed by atoms with Gasteiger partial charge >= 0.3 is 0 Å². The van der Waals surface area contributed by atoms with E-state index in [1.54, 1.807) is 7.11 Å². The summed E-state index contributed by atoms with van der Waals surface area (Å²) in [6, 6.07) is 7.62. The molecule has 6 nitrogen and oxygen atoms in total. The Balaban J connectivity index is 2.02. The number of nitrogens with one attached hydrogen (secondary N) is 2. The van der Waals surface area contributed by atoms with Crippen LogP contribution in [0.5, 0.6) is 5.75 Å². The number of rotatable bonds is 6. The van der Waals surface area contributed by atoms with Crippen LogP contribution < -0.4 is 15.4 Å². The highest BCUT2D eigenvalue weighted by Gasteiger charge is 2.12. The lowest BCUT2D eigenvalue weighted by Crippen LogP contribution is -2.25. The molecule has 2 rings (SSSR count). The minimum Gasteiger partial charge on any atom is -0.497 e. The third-order valence-corrected chi connectivity index (χ3v) is 4.02. The van der Waals surface area contributed by atoms with E-state index in [9.17, 15) is 9.59 Å². The van der Waals surface area contributed by atoms with E-state index in [1.165, 1.54) is 18.3 Å². The number of aromatic nitrogens is 1. The summed E-state index contributed by atoms with van der Waals surface area (Å²) >= 11 is 1.43. The molecule has 0 saturated heterocycles. The van der Waals surface area contributed by atoms with Crippen LogP contribution in [-0.4, -0.2) is 30.5 Å². The van der Waals surface area contributed by atoms with Gasteiger partial charge in [0.2, 0.25) is 11.8 Å². The molecule has 0 bridgehead atoms. The zero-order valence-electron chi connectivity index (χ0n) is 13.3. The first-order valence-electron chi connectivity index (χ1n) is 7.15. The number of amides is 2. The standard InChI is InChI=1S/C16H19N3O3S/c1-10-15(12-4-6-13(22-3)7-5-12)19-16(23-10)18-14(21)8-9-17-11(2)20/h4-7H,8-9H2,1-3H3,(H,17,20)(H,18,19,21). The van der Waals surface area contributed by atoms with Crippen molar-refractivity contribution in [2.24, 2.45) is 0 Å². The van der Waals surface area contributed by atoms with E-state index >= 15 is 0 Å². The first-order valence-corrected chi connectivity index (χ1v) is 7.97. The Labute approximate surface area is 138 Å². The van der Waals surface area contributed by atoms with Crippen molar-refractivity contribution in [1.29, 1.82) is 0 Å². The summed E-state index contributed by atoms with van der Waals surface area (Å²) in [7, 11) is 1.62. The van der Waals surface area contributed by atoms with Crippen LogP contribution in [0.2, 0.25) is 0 Å². The van der Waals surface area contributed by atoms with Crippen molar-refractivity contribution in [3.63, 3.8) is 0 Å². The average molecular weight is 333 g/mol. The summed E-state index contributed by atoms with van der Waals surface area (Å²) in [5, 5.41) is 5.91. The molecule has 0 atom stereocenters. The maximum Gasteiger partial charge on any atom is 0.227 e. The molecule has 1 heterocycles. The fourth-order valence-corrected chi connectivity index (χ4v) is 2.85. The van der Waals surface area contributed by atoms with Crippen LogP contribution in [0.15, 0.2) is 24.3 Å². The molecule has 1 aromatic carbocycles. The number of hydrogen-bond donors (Lipinski definition) is 2. The molecule has 23 heavy (non-hydrogen) atoms. The number of ether oxygens (including phenoxy) is 1. The summed E-state index contributed by atoms with van der Waals surface area (Å²) < 4.78 is 5.14. The van der Waals surface area contributed by atoms with Crippen molar-refractivity contribution < 1.29 is 14.3 Å². The molecule has 2 N–H and O–H groups in total. The minimum absolute atomic E-state index is 0.148. The lowest BCUT2D eigenvalue weighted by molar-refractivity contribution is -0.119. The zero-order valence-corrected chi connectivity index (χ0v) is 14.1. The first kappa shape index (κ1) is 17.0. The van der Waals surface area contributed by atoms with E-state index in [4.69, 9.17) is 4.74 Å². The molecule has 7 heteroatoms. The molecule has 122 valence electrons. The molecule has 0 aliphatic rings. The zero-order chi connectivity index (χ0) is 16.8. The molecule has 0 aliphatic carbocycles. The number of hydrogen-bond acceptors (Lipinski definition) is 5. The molecule has 0 saturated carbocycles. The molecule has 0 spiro atoms. The highest BCUT2D eigenvalue weighted by atomic mass is 32.1.